The van der Waals surface area contributed by atoms with Gasteiger partial charge in [0.05, 0.1) is 15.6 Å². The molecule has 0 radical (unpaired) electrons. The third kappa shape index (κ3) is 5.83. The summed E-state index contributed by atoms with van der Waals surface area (Å²) >= 11 is 16.8. The summed E-state index contributed by atoms with van der Waals surface area (Å²) < 4.78 is 0. The molecule has 0 aliphatic carbocycles. The van der Waals surface area contributed by atoms with Gasteiger partial charge in [-0.1, -0.05) is 23.2 Å². The lowest BCUT2D eigenvalue weighted by Gasteiger charge is -2.11. The molecule has 26 heavy (non-hydrogen) atoms. The molecule has 0 aromatic heterocycles. The highest BCUT2D eigenvalue weighted by Gasteiger charge is 2.09. The minimum Gasteiger partial charge on any atom is -0.382 e. The maximum absolute atomic E-state index is 12.0. The van der Waals surface area contributed by atoms with Crippen LogP contribution >= 0.6 is 35.4 Å². The smallest absolute Gasteiger partial charge is 0.271 e. The quantitative estimate of drug-likeness (QED) is 0.290. The second kappa shape index (κ2) is 9.33. The van der Waals surface area contributed by atoms with E-state index in [0.717, 1.165) is 0 Å². The number of non-ortho nitro benzene ring substituents is 1. The Balaban J connectivity index is 1.75. The van der Waals surface area contributed by atoms with Gasteiger partial charge in [0.2, 0.25) is 0 Å². The average molecular weight is 413 g/mol. The molecule has 7 nitrogen and oxygen atoms in total. The number of nitrogens with zero attached hydrogens (tertiary/aromatic N) is 1. The first-order valence-electron chi connectivity index (χ1n) is 7.39. The van der Waals surface area contributed by atoms with E-state index < -0.39 is 4.92 Å². The van der Waals surface area contributed by atoms with E-state index in [2.05, 4.69) is 16.0 Å². The fraction of sp³-hybridized carbons (Fsp3) is 0.125. The zero-order chi connectivity index (χ0) is 19.1. The number of carbonyl (C=O) groups excluding carboxylic acids is 1. The van der Waals surface area contributed by atoms with Crippen LogP contribution in [0.25, 0.3) is 0 Å². The Labute approximate surface area is 164 Å². The zero-order valence-electron chi connectivity index (χ0n) is 13.3. The van der Waals surface area contributed by atoms with Gasteiger partial charge in [0.25, 0.3) is 11.6 Å². The summed E-state index contributed by atoms with van der Waals surface area (Å²) in [6, 6.07) is 10.6. The zero-order valence-corrected chi connectivity index (χ0v) is 15.6. The van der Waals surface area contributed by atoms with Gasteiger partial charge >= 0.3 is 0 Å². The summed E-state index contributed by atoms with van der Waals surface area (Å²) in [6.45, 7) is 0.849. The van der Waals surface area contributed by atoms with Gasteiger partial charge in [-0.25, -0.2) is 0 Å². The van der Waals surface area contributed by atoms with E-state index >= 15 is 0 Å². The van der Waals surface area contributed by atoms with Gasteiger partial charge in [0, 0.05) is 35.8 Å². The van der Waals surface area contributed by atoms with E-state index in [-0.39, 0.29) is 21.7 Å². The number of nitrogens with one attached hydrogen (secondary N) is 3. The number of benzene rings is 2. The lowest BCUT2D eigenvalue weighted by Crippen LogP contribution is -2.41. The Hall–Kier alpha value is -2.42. The number of amides is 1. The predicted molar refractivity (Wildman–Crippen MR) is 106 cm³/mol. The Kier molecular flexibility index (Phi) is 7.14. The Morgan fingerprint density at radius 2 is 1.81 bits per heavy atom. The molecule has 0 saturated heterocycles. The summed E-state index contributed by atoms with van der Waals surface area (Å²) in [5.41, 5.74) is 0.925. The van der Waals surface area contributed by atoms with Crippen molar-refractivity contribution in [2.45, 2.75) is 0 Å². The number of anilines is 1. The van der Waals surface area contributed by atoms with Crippen molar-refractivity contribution in [2.75, 3.05) is 18.4 Å². The average Bonchev–Trinajstić information content (AvgIpc) is 2.60. The van der Waals surface area contributed by atoms with Crippen LogP contribution in [0.1, 0.15) is 10.4 Å². The van der Waals surface area contributed by atoms with Crippen molar-refractivity contribution in [2.24, 2.45) is 0 Å². The Morgan fingerprint density at radius 3 is 2.42 bits per heavy atom. The fourth-order valence-electron chi connectivity index (χ4n) is 1.95. The van der Waals surface area contributed by atoms with Crippen LogP contribution in [0, 0.1) is 10.1 Å². The Morgan fingerprint density at radius 1 is 1.12 bits per heavy atom. The third-order valence-electron chi connectivity index (χ3n) is 3.22. The third-order valence-corrected chi connectivity index (χ3v) is 4.03. The van der Waals surface area contributed by atoms with Gasteiger partial charge in [-0.2, -0.15) is 0 Å². The van der Waals surface area contributed by atoms with Gasteiger partial charge in [0.15, 0.2) is 5.11 Å². The SMILES string of the molecule is O=C(NC(=S)NCCNc1ccc([N+](=O)[O-])cc1Cl)c1ccc(Cl)cc1. The molecule has 0 unspecified atom stereocenters. The lowest BCUT2D eigenvalue weighted by atomic mass is 10.2. The molecule has 0 spiro atoms. The van der Waals surface area contributed by atoms with Crippen LogP contribution in [0.3, 0.4) is 0 Å². The monoisotopic (exact) mass is 412 g/mol. The van der Waals surface area contributed by atoms with Crippen molar-refractivity contribution < 1.29 is 9.72 Å². The van der Waals surface area contributed by atoms with Crippen molar-refractivity contribution in [1.29, 1.82) is 0 Å². The number of rotatable bonds is 6. The van der Waals surface area contributed by atoms with E-state index in [1.165, 1.54) is 18.2 Å². The molecule has 0 aliphatic rings. The first-order valence-corrected chi connectivity index (χ1v) is 8.56. The minimum atomic E-state index is -0.515. The molecule has 0 bridgehead atoms. The van der Waals surface area contributed by atoms with Crippen molar-refractivity contribution >= 4 is 57.8 Å². The molecule has 2 rings (SSSR count). The maximum atomic E-state index is 12.0. The largest absolute Gasteiger partial charge is 0.382 e. The first-order chi connectivity index (χ1) is 12.4. The van der Waals surface area contributed by atoms with Crippen molar-refractivity contribution in [1.82, 2.24) is 10.6 Å². The fourth-order valence-corrected chi connectivity index (χ4v) is 2.52. The van der Waals surface area contributed by atoms with Gasteiger partial charge < -0.3 is 10.6 Å². The number of hydrogen-bond donors (Lipinski definition) is 3. The van der Waals surface area contributed by atoms with E-state index in [0.29, 0.717) is 29.4 Å². The molecule has 0 fully saturated rings. The normalized spacial score (nSPS) is 10.1. The Bertz CT molecular complexity index is 831. The second-order valence-electron chi connectivity index (χ2n) is 5.06. The summed E-state index contributed by atoms with van der Waals surface area (Å²) in [5, 5.41) is 20.1. The molecule has 136 valence electrons. The van der Waals surface area contributed by atoms with Crippen LogP contribution in [-0.2, 0) is 0 Å². The van der Waals surface area contributed by atoms with Gasteiger partial charge in [0.1, 0.15) is 0 Å². The van der Waals surface area contributed by atoms with Crippen LogP contribution < -0.4 is 16.0 Å². The van der Waals surface area contributed by atoms with E-state index in [1.54, 1.807) is 24.3 Å². The van der Waals surface area contributed by atoms with Gasteiger partial charge in [-0.05, 0) is 42.5 Å². The number of halogens is 2. The van der Waals surface area contributed by atoms with Crippen LogP contribution in [-0.4, -0.2) is 29.0 Å². The summed E-state index contributed by atoms with van der Waals surface area (Å²) in [5.74, 6) is -0.342. The van der Waals surface area contributed by atoms with Gasteiger partial charge in [-0.3, -0.25) is 20.2 Å². The molecular formula is C16H14Cl2N4O3S. The molecule has 2 aromatic carbocycles. The molecule has 0 aliphatic heterocycles. The second-order valence-corrected chi connectivity index (χ2v) is 6.32. The summed E-state index contributed by atoms with van der Waals surface area (Å²) in [6.07, 6.45) is 0. The van der Waals surface area contributed by atoms with Crippen molar-refractivity contribution in [3.63, 3.8) is 0 Å². The van der Waals surface area contributed by atoms with Crippen LogP contribution in [0.4, 0.5) is 11.4 Å². The molecular weight excluding hydrogens is 399 g/mol. The van der Waals surface area contributed by atoms with Crippen LogP contribution in [0.5, 0.6) is 0 Å². The van der Waals surface area contributed by atoms with E-state index in [1.807, 2.05) is 0 Å². The van der Waals surface area contributed by atoms with E-state index in [4.69, 9.17) is 35.4 Å². The van der Waals surface area contributed by atoms with Crippen molar-refractivity contribution in [3.8, 4) is 0 Å². The minimum absolute atomic E-state index is 0.0789. The molecule has 3 N–H and O–H groups in total. The topological polar surface area (TPSA) is 96.3 Å². The number of nitro benzene ring substituents is 1. The van der Waals surface area contributed by atoms with Crippen molar-refractivity contribution in [3.05, 3.63) is 68.2 Å². The summed E-state index contributed by atoms with van der Waals surface area (Å²) in [7, 11) is 0. The predicted octanol–water partition coefficient (Wildman–Crippen LogP) is 3.62. The van der Waals surface area contributed by atoms with Crippen LogP contribution in [0.2, 0.25) is 10.0 Å². The van der Waals surface area contributed by atoms with Crippen LogP contribution in [0.15, 0.2) is 42.5 Å². The van der Waals surface area contributed by atoms with E-state index in [9.17, 15) is 14.9 Å². The molecule has 0 saturated carbocycles. The lowest BCUT2D eigenvalue weighted by molar-refractivity contribution is -0.384. The number of thiocarbonyl (C=S) groups is 1. The maximum Gasteiger partial charge on any atom is 0.271 e. The number of hydrogen-bond acceptors (Lipinski definition) is 5. The van der Waals surface area contributed by atoms with Gasteiger partial charge in [-0.15, -0.1) is 0 Å². The molecule has 2 aromatic rings. The number of carbonyl (C=O) groups is 1. The molecule has 0 atom stereocenters. The highest BCUT2D eigenvalue weighted by Crippen LogP contribution is 2.26. The summed E-state index contributed by atoms with van der Waals surface area (Å²) in [4.78, 5) is 22.1. The standard InChI is InChI=1S/C16H14Cl2N4O3S/c17-11-3-1-10(2-4-11)15(23)21-16(26)20-8-7-19-14-6-5-12(22(24)25)9-13(14)18/h1-6,9,19H,7-8H2,(H2,20,21,23,26). The highest BCUT2D eigenvalue weighted by molar-refractivity contribution is 7.80. The highest BCUT2D eigenvalue weighted by atomic mass is 35.5. The molecule has 10 heteroatoms. The molecule has 1 amide bonds. The first kappa shape index (κ1) is 19.9. The molecule has 0 heterocycles. The number of nitro groups is 1.